The summed E-state index contributed by atoms with van der Waals surface area (Å²) in [4.78, 5) is 10.1. The second kappa shape index (κ2) is 6.65. The lowest BCUT2D eigenvalue weighted by molar-refractivity contribution is -0.384. The van der Waals surface area contributed by atoms with Crippen molar-refractivity contribution < 1.29 is 13.3 Å². The van der Waals surface area contributed by atoms with Crippen LogP contribution in [-0.2, 0) is 16.4 Å². The van der Waals surface area contributed by atoms with Gasteiger partial charge in [-0.2, -0.15) is 0 Å². The molecule has 1 aromatic heterocycles. The SMILES string of the molecule is O=[N+]([O-])c1ccc(CCNS(=O)(=O)c2ccc(Br)s2)cc1. The summed E-state index contributed by atoms with van der Waals surface area (Å²) in [6, 6.07) is 9.25. The molecule has 0 aliphatic rings. The van der Waals surface area contributed by atoms with Gasteiger partial charge in [-0.05, 0) is 40.0 Å². The number of non-ortho nitro benzene ring substituents is 1. The van der Waals surface area contributed by atoms with Gasteiger partial charge in [0.05, 0.1) is 8.71 Å². The maximum Gasteiger partial charge on any atom is 0.269 e. The van der Waals surface area contributed by atoms with Gasteiger partial charge in [-0.1, -0.05) is 12.1 Å². The summed E-state index contributed by atoms with van der Waals surface area (Å²) < 4.78 is 27.4. The molecular formula is C12H11BrN2O4S2. The van der Waals surface area contributed by atoms with Crippen LogP contribution in [0.5, 0.6) is 0 Å². The van der Waals surface area contributed by atoms with Gasteiger partial charge in [0.25, 0.3) is 5.69 Å². The lowest BCUT2D eigenvalue weighted by Crippen LogP contribution is -2.25. The molecule has 2 aromatic rings. The van der Waals surface area contributed by atoms with Gasteiger partial charge in [0, 0.05) is 18.7 Å². The predicted octanol–water partition coefficient (Wildman–Crippen LogP) is 2.94. The normalized spacial score (nSPS) is 11.5. The summed E-state index contributed by atoms with van der Waals surface area (Å²) in [5, 5.41) is 10.5. The molecule has 2 rings (SSSR count). The van der Waals surface area contributed by atoms with Gasteiger partial charge in [-0.25, -0.2) is 13.1 Å². The highest BCUT2D eigenvalue weighted by molar-refractivity contribution is 9.11. The third-order valence-corrected chi connectivity index (χ3v) is 6.24. The highest BCUT2D eigenvalue weighted by Gasteiger charge is 2.15. The molecule has 0 fully saturated rings. The van der Waals surface area contributed by atoms with Crippen LogP contribution in [0.4, 0.5) is 5.69 Å². The van der Waals surface area contributed by atoms with Crippen LogP contribution in [-0.4, -0.2) is 19.9 Å². The van der Waals surface area contributed by atoms with Crippen LogP contribution in [0.25, 0.3) is 0 Å². The number of halogens is 1. The van der Waals surface area contributed by atoms with Gasteiger partial charge in [-0.15, -0.1) is 11.3 Å². The lowest BCUT2D eigenvalue weighted by atomic mass is 10.1. The number of nitrogens with zero attached hydrogens (tertiary/aromatic N) is 1. The molecule has 21 heavy (non-hydrogen) atoms. The number of hydrogen-bond acceptors (Lipinski definition) is 5. The molecule has 1 aromatic carbocycles. The molecule has 1 N–H and O–H groups in total. The van der Waals surface area contributed by atoms with Crippen molar-refractivity contribution in [2.75, 3.05) is 6.54 Å². The number of nitro benzene ring substituents is 1. The lowest BCUT2D eigenvalue weighted by Gasteiger charge is -2.04. The summed E-state index contributed by atoms with van der Waals surface area (Å²) >= 11 is 4.36. The van der Waals surface area contributed by atoms with Crippen LogP contribution >= 0.6 is 27.3 Å². The number of nitro groups is 1. The van der Waals surface area contributed by atoms with Crippen molar-refractivity contribution in [3.05, 3.63) is 55.9 Å². The maximum absolute atomic E-state index is 12.0. The van der Waals surface area contributed by atoms with Crippen molar-refractivity contribution in [2.24, 2.45) is 0 Å². The van der Waals surface area contributed by atoms with Gasteiger partial charge in [0.1, 0.15) is 4.21 Å². The van der Waals surface area contributed by atoms with Crippen molar-refractivity contribution in [3.8, 4) is 0 Å². The van der Waals surface area contributed by atoms with E-state index in [1.807, 2.05) is 0 Å². The van der Waals surface area contributed by atoms with Gasteiger partial charge in [0.15, 0.2) is 0 Å². The van der Waals surface area contributed by atoms with Crippen molar-refractivity contribution in [1.29, 1.82) is 0 Å². The fraction of sp³-hybridized carbons (Fsp3) is 0.167. The average molecular weight is 391 g/mol. The van der Waals surface area contributed by atoms with Crippen molar-refractivity contribution in [3.63, 3.8) is 0 Å². The molecule has 0 atom stereocenters. The third-order valence-electron chi connectivity index (χ3n) is 2.67. The molecule has 9 heteroatoms. The van der Waals surface area contributed by atoms with Gasteiger partial charge in [0.2, 0.25) is 10.0 Å². The first kappa shape index (κ1) is 16.1. The second-order valence-corrected chi connectivity index (χ2v) is 8.59. The zero-order valence-electron chi connectivity index (χ0n) is 10.7. The minimum Gasteiger partial charge on any atom is -0.258 e. The largest absolute Gasteiger partial charge is 0.269 e. The number of sulfonamides is 1. The van der Waals surface area contributed by atoms with E-state index in [0.29, 0.717) is 6.42 Å². The zero-order valence-corrected chi connectivity index (χ0v) is 13.9. The van der Waals surface area contributed by atoms with Crippen molar-refractivity contribution >= 4 is 43.0 Å². The maximum atomic E-state index is 12.0. The number of thiophene rings is 1. The highest BCUT2D eigenvalue weighted by atomic mass is 79.9. The first-order valence-electron chi connectivity index (χ1n) is 5.87. The first-order valence-corrected chi connectivity index (χ1v) is 8.96. The Bertz CT molecular complexity index is 741. The topological polar surface area (TPSA) is 89.3 Å². The molecule has 0 radical (unpaired) electrons. The number of benzene rings is 1. The van der Waals surface area contributed by atoms with Gasteiger partial charge < -0.3 is 0 Å². The number of rotatable bonds is 6. The Labute approximate surface area is 134 Å². The molecular weight excluding hydrogens is 380 g/mol. The molecule has 0 bridgehead atoms. The van der Waals surface area contributed by atoms with Crippen molar-refractivity contribution in [2.45, 2.75) is 10.6 Å². The van der Waals surface area contributed by atoms with E-state index in [9.17, 15) is 18.5 Å². The summed E-state index contributed by atoms with van der Waals surface area (Å²) in [6.07, 6.45) is 0.462. The van der Waals surface area contributed by atoms with Crippen LogP contribution in [0.1, 0.15) is 5.56 Å². The predicted molar refractivity (Wildman–Crippen MR) is 84.0 cm³/mol. The van der Waals surface area contributed by atoms with Crippen LogP contribution in [0, 0.1) is 10.1 Å². The Morgan fingerprint density at radius 2 is 1.86 bits per heavy atom. The zero-order chi connectivity index (χ0) is 15.5. The van der Waals surface area contributed by atoms with E-state index in [0.717, 1.165) is 20.7 Å². The molecule has 6 nitrogen and oxygen atoms in total. The van der Waals surface area contributed by atoms with Crippen LogP contribution in [0.2, 0.25) is 0 Å². The van der Waals surface area contributed by atoms with E-state index in [-0.39, 0.29) is 16.4 Å². The molecule has 0 aliphatic carbocycles. The standard InChI is InChI=1S/C12H11BrN2O4S2/c13-11-5-6-12(20-11)21(18,19)14-8-7-9-1-3-10(4-2-9)15(16)17/h1-6,14H,7-8H2. The minimum absolute atomic E-state index is 0.0165. The fourth-order valence-corrected chi connectivity index (χ4v) is 4.71. The molecule has 0 spiro atoms. The van der Waals surface area contributed by atoms with Crippen LogP contribution < -0.4 is 4.72 Å². The summed E-state index contributed by atoms with van der Waals surface area (Å²) in [5.41, 5.74) is 0.846. The fourth-order valence-electron chi connectivity index (χ4n) is 1.63. The average Bonchev–Trinajstić information content (AvgIpc) is 2.87. The van der Waals surface area contributed by atoms with Crippen molar-refractivity contribution in [1.82, 2.24) is 4.72 Å². The Balaban J connectivity index is 1.93. The van der Waals surface area contributed by atoms with E-state index >= 15 is 0 Å². The molecule has 112 valence electrons. The van der Waals surface area contributed by atoms with E-state index in [4.69, 9.17) is 0 Å². The molecule has 0 saturated heterocycles. The summed E-state index contributed by atoms with van der Waals surface area (Å²) in [7, 11) is -3.50. The molecule has 0 unspecified atom stereocenters. The minimum atomic E-state index is -3.50. The second-order valence-electron chi connectivity index (χ2n) is 4.13. The third kappa shape index (κ3) is 4.34. The molecule has 0 amide bonds. The van der Waals surface area contributed by atoms with E-state index in [1.54, 1.807) is 18.2 Å². The monoisotopic (exact) mass is 390 g/mol. The summed E-state index contributed by atoms with van der Waals surface area (Å²) in [5.74, 6) is 0. The first-order chi connectivity index (χ1) is 9.88. The molecule has 0 aliphatic heterocycles. The Morgan fingerprint density at radius 1 is 1.19 bits per heavy atom. The number of nitrogens with one attached hydrogen (secondary N) is 1. The molecule has 0 saturated carbocycles. The van der Waals surface area contributed by atoms with E-state index < -0.39 is 14.9 Å². The van der Waals surface area contributed by atoms with E-state index in [1.165, 1.54) is 18.2 Å². The van der Waals surface area contributed by atoms with Crippen LogP contribution in [0.3, 0.4) is 0 Å². The van der Waals surface area contributed by atoms with Crippen LogP contribution in [0.15, 0.2) is 44.4 Å². The number of hydrogen-bond donors (Lipinski definition) is 1. The Hall–Kier alpha value is -1.29. The summed E-state index contributed by atoms with van der Waals surface area (Å²) in [6.45, 7) is 0.232. The Morgan fingerprint density at radius 3 is 2.38 bits per heavy atom. The quantitative estimate of drug-likeness (QED) is 0.606. The smallest absolute Gasteiger partial charge is 0.258 e. The van der Waals surface area contributed by atoms with E-state index in [2.05, 4.69) is 20.7 Å². The Kier molecular flexibility index (Phi) is 5.09. The van der Waals surface area contributed by atoms with Gasteiger partial charge in [-0.3, -0.25) is 10.1 Å². The molecule has 1 heterocycles. The highest BCUT2D eigenvalue weighted by Crippen LogP contribution is 2.25. The van der Waals surface area contributed by atoms with Gasteiger partial charge >= 0.3 is 0 Å².